The topological polar surface area (TPSA) is 131 Å². The molecule has 7 rings (SSSR count). The van der Waals surface area contributed by atoms with Gasteiger partial charge in [0.25, 0.3) is 5.91 Å². The van der Waals surface area contributed by atoms with Crippen molar-refractivity contribution in [3.8, 4) is 11.3 Å². The second-order valence-corrected chi connectivity index (χ2v) is 11.8. The third-order valence-electron chi connectivity index (χ3n) is 8.17. The molecule has 0 saturated carbocycles. The first kappa shape index (κ1) is 30.9. The van der Waals surface area contributed by atoms with E-state index in [1.54, 1.807) is 21.8 Å². The lowest BCUT2D eigenvalue weighted by molar-refractivity contribution is 0.0582. The third-order valence-corrected chi connectivity index (χ3v) is 8.40. The number of hydrogen-bond donors (Lipinski definition) is 2. The highest BCUT2D eigenvalue weighted by Crippen LogP contribution is 2.35. The molecule has 0 atom stereocenters. The molecular weight excluding hydrogens is 642 g/mol. The molecule has 0 spiro atoms. The van der Waals surface area contributed by atoms with Gasteiger partial charge in [0.05, 0.1) is 42.0 Å². The quantitative estimate of drug-likeness (QED) is 0.194. The van der Waals surface area contributed by atoms with E-state index < -0.39 is 17.7 Å². The maximum absolute atomic E-state index is 14.0. The second-order valence-electron chi connectivity index (χ2n) is 11.4. The van der Waals surface area contributed by atoms with Crippen LogP contribution in [0.2, 0.25) is 5.02 Å². The number of carbonyl (C=O) groups excluding carboxylic acids is 2. The molecule has 3 amide bonds. The number of anilines is 1. The lowest BCUT2D eigenvalue weighted by atomic mass is 9.92. The van der Waals surface area contributed by atoms with Gasteiger partial charge in [-0.3, -0.25) is 4.79 Å². The Bertz CT molecular complexity index is 2180. The van der Waals surface area contributed by atoms with Gasteiger partial charge >= 0.3 is 6.03 Å². The summed E-state index contributed by atoms with van der Waals surface area (Å²) in [5.41, 5.74) is 4.89. The zero-order chi connectivity index (χ0) is 33.4. The van der Waals surface area contributed by atoms with Gasteiger partial charge in [-0.1, -0.05) is 47.1 Å². The average Bonchev–Trinajstić information content (AvgIpc) is 3.70. The molecule has 1 aliphatic rings. The first-order chi connectivity index (χ1) is 23.2. The van der Waals surface area contributed by atoms with Crippen LogP contribution >= 0.6 is 11.6 Å². The maximum Gasteiger partial charge on any atom is 0.319 e. The number of hydrogen-bond acceptors (Lipinski definition) is 7. The van der Waals surface area contributed by atoms with Crippen molar-refractivity contribution < 1.29 is 22.8 Å². The van der Waals surface area contributed by atoms with Crippen LogP contribution in [0, 0.1) is 18.6 Å². The molecule has 3 aromatic heterocycles. The Hall–Kier alpha value is -5.69. The number of nitrogens with one attached hydrogen (secondary N) is 2. The Kier molecular flexibility index (Phi) is 8.27. The number of para-hydroxylation sites is 1. The van der Waals surface area contributed by atoms with E-state index in [1.165, 1.54) is 12.5 Å². The summed E-state index contributed by atoms with van der Waals surface area (Å²) in [5, 5.41) is 14.6. The van der Waals surface area contributed by atoms with Gasteiger partial charge in [0, 0.05) is 40.8 Å². The summed E-state index contributed by atoms with van der Waals surface area (Å²) in [6.07, 6.45) is 3.02. The van der Waals surface area contributed by atoms with Crippen LogP contribution in [-0.2, 0) is 13.1 Å². The van der Waals surface area contributed by atoms with Crippen LogP contribution in [0.15, 0.2) is 83.7 Å². The fraction of sp³-hybridized carbons (Fsp3) is 0.176. The zero-order valence-electron chi connectivity index (χ0n) is 25.5. The van der Waals surface area contributed by atoms with Crippen LogP contribution < -0.4 is 10.6 Å². The van der Waals surface area contributed by atoms with Crippen molar-refractivity contribution >= 4 is 40.1 Å². The number of amides is 3. The highest BCUT2D eigenvalue weighted by Gasteiger charge is 2.37. The number of benzene rings is 3. The largest absolute Gasteiger partial charge is 0.448 e. The number of carbonyl (C=O) groups is 2. The molecule has 11 nitrogen and oxygen atoms in total. The van der Waals surface area contributed by atoms with E-state index in [2.05, 4.69) is 25.9 Å². The van der Waals surface area contributed by atoms with Crippen molar-refractivity contribution in [2.45, 2.75) is 25.9 Å². The number of aromatic nitrogens is 5. The normalized spacial score (nSPS) is 13.0. The highest BCUT2D eigenvalue weighted by molar-refractivity contribution is 6.30. The summed E-state index contributed by atoms with van der Waals surface area (Å²) >= 11 is 6.28. The van der Waals surface area contributed by atoms with Crippen molar-refractivity contribution in [2.75, 3.05) is 18.4 Å². The molecular formula is C34H27ClF2N8O3. The number of fused-ring (bicyclic) bond motifs is 1. The van der Waals surface area contributed by atoms with Gasteiger partial charge in [0.1, 0.15) is 17.1 Å². The first-order valence-corrected chi connectivity index (χ1v) is 15.4. The van der Waals surface area contributed by atoms with Crippen molar-refractivity contribution in [1.29, 1.82) is 0 Å². The van der Waals surface area contributed by atoms with E-state index in [4.69, 9.17) is 21.0 Å². The molecule has 48 heavy (non-hydrogen) atoms. The summed E-state index contributed by atoms with van der Waals surface area (Å²) in [5.74, 6) is -1.55. The van der Waals surface area contributed by atoms with Crippen LogP contribution in [-0.4, -0.2) is 54.9 Å². The number of likely N-dealkylation sites (tertiary alicyclic amines) is 1. The molecule has 14 heteroatoms. The number of halogens is 3. The van der Waals surface area contributed by atoms with Gasteiger partial charge < -0.3 is 20.0 Å². The molecule has 0 aliphatic carbocycles. The number of nitrogens with zero attached hydrogens (tertiary/aromatic N) is 6. The van der Waals surface area contributed by atoms with Crippen LogP contribution in [0.3, 0.4) is 0 Å². The monoisotopic (exact) mass is 668 g/mol. The summed E-state index contributed by atoms with van der Waals surface area (Å²) in [4.78, 5) is 37.2. The van der Waals surface area contributed by atoms with Crippen LogP contribution in [0.4, 0.5) is 19.3 Å². The van der Waals surface area contributed by atoms with Gasteiger partial charge in [-0.25, -0.2) is 28.2 Å². The minimum Gasteiger partial charge on any atom is -0.448 e. The van der Waals surface area contributed by atoms with Gasteiger partial charge in [0.15, 0.2) is 18.0 Å². The molecule has 0 radical (unpaired) electrons. The molecule has 242 valence electrons. The predicted octanol–water partition coefficient (Wildman–Crippen LogP) is 6.33. The molecule has 6 aromatic rings. The van der Waals surface area contributed by atoms with Crippen LogP contribution in [0.5, 0.6) is 0 Å². The Morgan fingerprint density at radius 2 is 1.88 bits per heavy atom. The number of oxazole rings is 1. The summed E-state index contributed by atoms with van der Waals surface area (Å²) < 4.78 is 33.9. The van der Waals surface area contributed by atoms with E-state index >= 15 is 0 Å². The summed E-state index contributed by atoms with van der Waals surface area (Å²) in [7, 11) is 0. The Morgan fingerprint density at radius 1 is 1.04 bits per heavy atom. The Morgan fingerprint density at radius 3 is 2.69 bits per heavy atom. The molecule has 2 N–H and O–H groups in total. The predicted molar refractivity (Wildman–Crippen MR) is 173 cm³/mol. The lowest BCUT2D eigenvalue weighted by Crippen LogP contribution is -2.49. The molecule has 1 fully saturated rings. The first-order valence-electron chi connectivity index (χ1n) is 15.0. The van der Waals surface area contributed by atoms with Gasteiger partial charge in [-0.15, -0.1) is 5.10 Å². The van der Waals surface area contributed by atoms with E-state index in [0.29, 0.717) is 46.5 Å². The van der Waals surface area contributed by atoms with Crippen molar-refractivity contribution in [2.24, 2.45) is 0 Å². The molecule has 1 saturated heterocycles. The standard InChI is InChI=1S/C34H27ClF2N8O3/c1-19-30(25-7-2-3-8-28(25)41-31(19)20-5-4-6-22(35)11-20)33(46)44-14-21(15-44)32-29(39-18-48-32)17-45-16-24(42-43-45)13-38-34(47)40-23-9-10-26(36)27(37)12-23/h2-12,16,18,21H,13-15,17H2,1H3,(H2,38,40,47). The Labute approximate surface area is 277 Å². The minimum atomic E-state index is -1.06. The average molecular weight is 669 g/mol. The number of rotatable bonds is 8. The highest BCUT2D eigenvalue weighted by atomic mass is 35.5. The van der Waals surface area contributed by atoms with Crippen LogP contribution in [0.1, 0.15) is 39.0 Å². The fourth-order valence-corrected chi connectivity index (χ4v) is 5.96. The molecule has 0 bridgehead atoms. The third kappa shape index (κ3) is 6.19. The van der Waals surface area contributed by atoms with Gasteiger partial charge in [-0.2, -0.15) is 0 Å². The SMILES string of the molecule is Cc1c(-c2cccc(Cl)c2)nc2ccccc2c1C(=O)N1CC(c2ocnc2Cn2cc(CNC(=O)Nc3ccc(F)c(F)c3)nn2)C1. The van der Waals surface area contributed by atoms with E-state index in [9.17, 15) is 18.4 Å². The van der Waals surface area contributed by atoms with E-state index in [0.717, 1.165) is 34.2 Å². The minimum absolute atomic E-state index is 0.0447. The molecule has 3 aromatic carbocycles. The van der Waals surface area contributed by atoms with Crippen molar-refractivity contribution in [3.05, 3.63) is 124 Å². The van der Waals surface area contributed by atoms with E-state index in [-0.39, 0.29) is 30.6 Å². The van der Waals surface area contributed by atoms with Crippen LogP contribution in [0.25, 0.3) is 22.2 Å². The molecule has 0 unspecified atom stereocenters. The smallest absolute Gasteiger partial charge is 0.319 e. The molecule has 4 heterocycles. The van der Waals surface area contributed by atoms with Crippen molar-refractivity contribution in [3.63, 3.8) is 0 Å². The zero-order valence-corrected chi connectivity index (χ0v) is 26.2. The lowest BCUT2D eigenvalue weighted by Gasteiger charge is -2.39. The number of urea groups is 1. The fourth-order valence-electron chi connectivity index (χ4n) is 5.77. The van der Waals surface area contributed by atoms with Gasteiger partial charge in [0.2, 0.25) is 0 Å². The summed E-state index contributed by atoms with van der Waals surface area (Å²) in [6, 6.07) is 17.5. The summed E-state index contributed by atoms with van der Waals surface area (Å²) in [6.45, 7) is 3.12. The Balaban J connectivity index is 1.00. The number of pyridine rings is 1. The molecule has 1 aliphatic heterocycles. The maximum atomic E-state index is 14.0. The second kappa shape index (κ2) is 12.8. The van der Waals surface area contributed by atoms with E-state index in [1.807, 2.05) is 49.4 Å². The van der Waals surface area contributed by atoms with Crippen molar-refractivity contribution in [1.82, 2.24) is 35.2 Å². The van der Waals surface area contributed by atoms with Gasteiger partial charge in [-0.05, 0) is 42.8 Å².